The van der Waals surface area contributed by atoms with Gasteiger partial charge in [0, 0.05) is 43.5 Å². The zero-order valence-electron chi connectivity index (χ0n) is 16.0. The second-order valence-electron chi connectivity index (χ2n) is 7.91. The molecule has 0 saturated carbocycles. The van der Waals surface area contributed by atoms with Crippen LogP contribution >= 0.6 is 24.8 Å². The fraction of sp³-hybridized carbons (Fsp3) is 0.579. The third-order valence-corrected chi connectivity index (χ3v) is 6.27. The largest absolute Gasteiger partial charge is 0.349 e. The number of carbonyl (C=O) groups excluding carboxylic acids is 2. The average molecular weight is 441 g/mol. The molecule has 8 nitrogen and oxygen atoms in total. The lowest BCUT2D eigenvalue weighted by Crippen LogP contribution is -2.67. The Bertz CT molecular complexity index is 857. The summed E-state index contributed by atoms with van der Waals surface area (Å²) in [6.45, 7) is 2.10. The minimum Gasteiger partial charge on any atom is -0.349 e. The van der Waals surface area contributed by atoms with Crippen molar-refractivity contribution >= 4 is 42.3 Å². The summed E-state index contributed by atoms with van der Waals surface area (Å²) in [5.41, 5.74) is 1.54. The minimum atomic E-state index is -0.370. The number of piperidine rings is 3. The van der Waals surface area contributed by atoms with Gasteiger partial charge < -0.3 is 19.9 Å². The number of fused-ring (bicyclic) bond motifs is 5. The molecule has 2 amide bonds. The Labute approximate surface area is 181 Å². The van der Waals surface area contributed by atoms with Gasteiger partial charge in [0.1, 0.15) is 6.04 Å². The van der Waals surface area contributed by atoms with E-state index in [2.05, 4.69) is 20.6 Å². The summed E-state index contributed by atoms with van der Waals surface area (Å²) < 4.78 is 1.88. The molecule has 4 atom stereocenters. The van der Waals surface area contributed by atoms with Gasteiger partial charge in [0.05, 0.1) is 18.4 Å². The lowest BCUT2D eigenvalue weighted by molar-refractivity contribution is -0.157. The highest BCUT2D eigenvalue weighted by molar-refractivity contribution is 5.89. The number of nitrogens with one attached hydrogen (secondary N) is 2. The van der Waals surface area contributed by atoms with Gasteiger partial charge >= 0.3 is 0 Å². The third-order valence-electron chi connectivity index (χ3n) is 6.27. The molecule has 2 aromatic rings. The quantitative estimate of drug-likeness (QED) is 0.747. The van der Waals surface area contributed by atoms with Crippen LogP contribution in [0.25, 0.3) is 5.65 Å². The SMILES string of the molecule is Cl.Cl.O=C(NCc1cn2ccncc2n1)[C@H]1[C@@H]2CNC[C@@H](C2)[C@@H]2CCCC(=O)N21. The molecule has 29 heavy (non-hydrogen) atoms. The van der Waals surface area contributed by atoms with E-state index in [4.69, 9.17) is 0 Å². The number of rotatable bonds is 3. The summed E-state index contributed by atoms with van der Waals surface area (Å²) in [6.07, 6.45) is 10.7. The van der Waals surface area contributed by atoms with Gasteiger partial charge in [0.25, 0.3) is 0 Å². The Balaban J connectivity index is 0.00000120. The van der Waals surface area contributed by atoms with Gasteiger partial charge in [-0.05, 0) is 31.7 Å². The monoisotopic (exact) mass is 440 g/mol. The summed E-state index contributed by atoms with van der Waals surface area (Å²) >= 11 is 0. The minimum absolute atomic E-state index is 0. The van der Waals surface area contributed by atoms with E-state index in [-0.39, 0.29) is 54.6 Å². The topological polar surface area (TPSA) is 91.6 Å². The molecule has 10 heteroatoms. The van der Waals surface area contributed by atoms with Crippen molar-refractivity contribution in [2.24, 2.45) is 11.8 Å². The van der Waals surface area contributed by atoms with E-state index < -0.39 is 0 Å². The highest BCUT2D eigenvalue weighted by Gasteiger charge is 2.50. The Morgan fingerprint density at radius 1 is 1.28 bits per heavy atom. The van der Waals surface area contributed by atoms with E-state index in [9.17, 15) is 9.59 Å². The van der Waals surface area contributed by atoms with Crippen LogP contribution in [-0.2, 0) is 16.1 Å². The van der Waals surface area contributed by atoms with E-state index in [0.717, 1.165) is 43.7 Å². The van der Waals surface area contributed by atoms with Gasteiger partial charge in [-0.2, -0.15) is 0 Å². The van der Waals surface area contributed by atoms with Crippen molar-refractivity contribution in [3.63, 3.8) is 0 Å². The van der Waals surface area contributed by atoms with Crippen molar-refractivity contribution in [2.45, 2.75) is 44.3 Å². The van der Waals surface area contributed by atoms with E-state index in [1.165, 1.54) is 0 Å². The predicted molar refractivity (Wildman–Crippen MR) is 112 cm³/mol. The van der Waals surface area contributed by atoms with Crippen LogP contribution in [0.5, 0.6) is 0 Å². The summed E-state index contributed by atoms with van der Waals surface area (Å²) in [5.74, 6) is 0.745. The fourth-order valence-corrected chi connectivity index (χ4v) is 5.11. The Morgan fingerprint density at radius 3 is 2.93 bits per heavy atom. The first-order valence-corrected chi connectivity index (χ1v) is 9.78. The second-order valence-corrected chi connectivity index (χ2v) is 7.91. The zero-order valence-corrected chi connectivity index (χ0v) is 17.6. The molecule has 0 unspecified atom stereocenters. The van der Waals surface area contributed by atoms with Crippen LogP contribution in [0.4, 0.5) is 0 Å². The Morgan fingerprint density at radius 2 is 2.10 bits per heavy atom. The van der Waals surface area contributed by atoms with E-state index in [0.29, 0.717) is 18.9 Å². The van der Waals surface area contributed by atoms with Crippen molar-refractivity contribution in [2.75, 3.05) is 13.1 Å². The second kappa shape index (κ2) is 8.85. The maximum atomic E-state index is 13.1. The van der Waals surface area contributed by atoms with E-state index >= 15 is 0 Å². The number of halogens is 2. The first-order valence-electron chi connectivity index (χ1n) is 9.78. The predicted octanol–water partition coefficient (Wildman–Crippen LogP) is 1.18. The van der Waals surface area contributed by atoms with Crippen molar-refractivity contribution in [1.82, 2.24) is 29.9 Å². The number of nitrogens with zero attached hydrogens (tertiary/aromatic N) is 4. The lowest BCUT2D eigenvalue weighted by Gasteiger charge is -2.53. The van der Waals surface area contributed by atoms with Crippen LogP contribution in [0.1, 0.15) is 31.4 Å². The normalized spacial score (nSPS) is 28.1. The van der Waals surface area contributed by atoms with Crippen molar-refractivity contribution < 1.29 is 9.59 Å². The lowest BCUT2D eigenvalue weighted by atomic mass is 9.72. The number of imidazole rings is 1. The van der Waals surface area contributed by atoms with Gasteiger partial charge in [0.15, 0.2) is 5.65 Å². The van der Waals surface area contributed by atoms with Gasteiger partial charge in [0.2, 0.25) is 11.8 Å². The van der Waals surface area contributed by atoms with Crippen LogP contribution in [0.3, 0.4) is 0 Å². The maximum absolute atomic E-state index is 13.1. The molecule has 5 rings (SSSR count). The average Bonchev–Trinajstić information content (AvgIpc) is 3.10. The van der Waals surface area contributed by atoms with Crippen molar-refractivity contribution in [3.8, 4) is 0 Å². The molecule has 2 bridgehead atoms. The number of aromatic nitrogens is 3. The zero-order chi connectivity index (χ0) is 18.4. The summed E-state index contributed by atoms with van der Waals surface area (Å²) in [6, 6.07) is -0.169. The smallest absolute Gasteiger partial charge is 0.243 e. The van der Waals surface area contributed by atoms with Crippen LogP contribution in [0, 0.1) is 11.8 Å². The number of hydrogen-bond acceptors (Lipinski definition) is 5. The molecule has 158 valence electrons. The molecule has 5 heterocycles. The van der Waals surface area contributed by atoms with E-state index in [1.54, 1.807) is 12.4 Å². The number of amides is 2. The molecule has 3 aliphatic rings. The molecule has 3 aliphatic heterocycles. The Kier molecular flexibility index (Phi) is 6.65. The Hall–Kier alpha value is -1.90. The number of carbonyl (C=O) groups is 2. The number of hydrogen-bond donors (Lipinski definition) is 2. The first kappa shape index (κ1) is 21.8. The van der Waals surface area contributed by atoms with Crippen LogP contribution in [-0.4, -0.2) is 56.3 Å². The van der Waals surface area contributed by atoms with Gasteiger partial charge in [-0.15, -0.1) is 24.8 Å². The molecule has 0 aromatic carbocycles. The first-order chi connectivity index (χ1) is 13.2. The fourth-order valence-electron chi connectivity index (χ4n) is 5.11. The molecular weight excluding hydrogens is 415 g/mol. The molecular formula is C19H26Cl2N6O2. The van der Waals surface area contributed by atoms with Crippen LogP contribution in [0.2, 0.25) is 0 Å². The standard InChI is InChI=1S/C19H24N6O2.2ClH/c26-17-3-1-2-15-12-6-13(8-21-7-12)18(25(15)17)19(27)22-9-14-11-24-5-4-20-10-16(24)23-14;;/h4-5,10-13,15,18,21H,1-3,6-9H2,(H,22,27);2*1H/t12-,13+,15+,18-;;/m1../s1. The third kappa shape index (κ3) is 3.93. The summed E-state index contributed by atoms with van der Waals surface area (Å²) in [4.78, 5) is 36.2. The molecule has 0 radical (unpaired) electrons. The van der Waals surface area contributed by atoms with Gasteiger partial charge in [-0.1, -0.05) is 0 Å². The molecule has 0 aliphatic carbocycles. The van der Waals surface area contributed by atoms with Crippen LogP contribution < -0.4 is 10.6 Å². The molecule has 3 saturated heterocycles. The molecule has 2 N–H and O–H groups in total. The van der Waals surface area contributed by atoms with Gasteiger partial charge in [-0.25, -0.2) is 4.98 Å². The van der Waals surface area contributed by atoms with Gasteiger partial charge in [-0.3, -0.25) is 14.6 Å². The highest BCUT2D eigenvalue weighted by Crippen LogP contribution is 2.39. The van der Waals surface area contributed by atoms with Crippen molar-refractivity contribution in [3.05, 3.63) is 30.5 Å². The molecule has 2 aromatic heterocycles. The summed E-state index contributed by atoms with van der Waals surface area (Å²) in [7, 11) is 0. The molecule has 3 fully saturated rings. The van der Waals surface area contributed by atoms with E-state index in [1.807, 2.05) is 21.7 Å². The van der Waals surface area contributed by atoms with Crippen molar-refractivity contribution in [1.29, 1.82) is 0 Å². The maximum Gasteiger partial charge on any atom is 0.243 e. The highest BCUT2D eigenvalue weighted by atomic mass is 35.5. The molecule has 0 spiro atoms. The van der Waals surface area contributed by atoms with Crippen LogP contribution in [0.15, 0.2) is 24.8 Å². The summed E-state index contributed by atoms with van der Waals surface area (Å²) in [5, 5.41) is 6.50.